The van der Waals surface area contributed by atoms with E-state index in [2.05, 4.69) is 4.72 Å². The molecule has 0 saturated carbocycles. The number of methoxy groups -OCH3 is 3. The maximum atomic E-state index is 12.7. The van der Waals surface area contributed by atoms with Crippen molar-refractivity contribution in [1.29, 1.82) is 0 Å². The Balaban J connectivity index is 2.27. The van der Waals surface area contributed by atoms with Crippen LogP contribution < -0.4 is 18.9 Å². The molecule has 2 aromatic carbocycles. The third-order valence-electron chi connectivity index (χ3n) is 3.98. The minimum Gasteiger partial charge on any atom is -0.495 e. The fourth-order valence-corrected chi connectivity index (χ4v) is 3.63. The standard InChI is InChI=1S/C18H23NO5S/c1-12-8-17(24-5)18(9-13(12)2)25(20,21)19-11-14-6-7-15(22-3)16(10-14)23-4/h6-10,19H,11H2,1-5H3. The van der Waals surface area contributed by atoms with Gasteiger partial charge >= 0.3 is 0 Å². The number of rotatable bonds is 7. The molecule has 0 aromatic heterocycles. The Morgan fingerprint density at radius 1 is 0.840 bits per heavy atom. The van der Waals surface area contributed by atoms with Crippen LogP contribution in [0.25, 0.3) is 0 Å². The second-order valence-corrected chi connectivity index (χ2v) is 7.34. The zero-order valence-electron chi connectivity index (χ0n) is 15.0. The fraction of sp³-hybridized carbons (Fsp3) is 0.333. The predicted octanol–water partition coefficient (Wildman–Crippen LogP) is 2.81. The summed E-state index contributed by atoms with van der Waals surface area (Å²) >= 11 is 0. The van der Waals surface area contributed by atoms with Crippen molar-refractivity contribution in [3.8, 4) is 17.2 Å². The Kier molecular flexibility index (Phi) is 5.92. The molecular weight excluding hydrogens is 342 g/mol. The lowest BCUT2D eigenvalue weighted by atomic mass is 10.1. The topological polar surface area (TPSA) is 73.9 Å². The molecule has 0 bridgehead atoms. The van der Waals surface area contributed by atoms with Crippen molar-refractivity contribution in [3.05, 3.63) is 47.0 Å². The van der Waals surface area contributed by atoms with Crippen molar-refractivity contribution in [2.75, 3.05) is 21.3 Å². The van der Waals surface area contributed by atoms with E-state index >= 15 is 0 Å². The van der Waals surface area contributed by atoms with Crippen molar-refractivity contribution in [2.45, 2.75) is 25.3 Å². The molecule has 0 fully saturated rings. The molecule has 0 aliphatic rings. The molecule has 1 N–H and O–H groups in total. The molecule has 0 radical (unpaired) electrons. The summed E-state index contributed by atoms with van der Waals surface area (Å²) in [7, 11) is 0.814. The molecule has 0 spiro atoms. The fourth-order valence-electron chi connectivity index (χ4n) is 2.38. The quantitative estimate of drug-likeness (QED) is 0.817. The highest BCUT2D eigenvalue weighted by Gasteiger charge is 2.20. The maximum absolute atomic E-state index is 12.7. The summed E-state index contributed by atoms with van der Waals surface area (Å²) in [4.78, 5) is 0.124. The van der Waals surface area contributed by atoms with Crippen LogP contribution >= 0.6 is 0 Å². The lowest BCUT2D eigenvalue weighted by molar-refractivity contribution is 0.354. The normalized spacial score (nSPS) is 11.2. The van der Waals surface area contributed by atoms with Gasteiger partial charge in [-0.05, 0) is 54.8 Å². The Hall–Kier alpha value is -2.25. The van der Waals surface area contributed by atoms with Crippen molar-refractivity contribution in [1.82, 2.24) is 4.72 Å². The highest BCUT2D eigenvalue weighted by Crippen LogP contribution is 2.29. The van der Waals surface area contributed by atoms with Gasteiger partial charge in [-0.3, -0.25) is 0 Å². The van der Waals surface area contributed by atoms with Crippen LogP contribution in [0.2, 0.25) is 0 Å². The van der Waals surface area contributed by atoms with E-state index in [0.29, 0.717) is 17.2 Å². The molecule has 0 amide bonds. The van der Waals surface area contributed by atoms with Crippen LogP contribution in [0, 0.1) is 13.8 Å². The number of ether oxygens (including phenoxy) is 3. The molecule has 25 heavy (non-hydrogen) atoms. The predicted molar refractivity (Wildman–Crippen MR) is 96.0 cm³/mol. The summed E-state index contributed by atoms with van der Waals surface area (Å²) in [6, 6.07) is 8.59. The Morgan fingerprint density at radius 2 is 1.44 bits per heavy atom. The number of sulfonamides is 1. The third kappa shape index (κ3) is 4.24. The van der Waals surface area contributed by atoms with E-state index in [0.717, 1.165) is 16.7 Å². The molecule has 2 aromatic rings. The number of hydrogen-bond acceptors (Lipinski definition) is 5. The van der Waals surface area contributed by atoms with Crippen molar-refractivity contribution in [3.63, 3.8) is 0 Å². The molecule has 0 aliphatic carbocycles. The second kappa shape index (κ2) is 7.76. The minimum atomic E-state index is -3.72. The first-order chi connectivity index (χ1) is 11.8. The van der Waals surface area contributed by atoms with Crippen molar-refractivity contribution >= 4 is 10.0 Å². The van der Waals surface area contributed by atoms with Gasteiger partial charge < -0.3 is 14.2 Å². The average molecular weight is 365 g/mol. The molecule has 0 saturated heterocycles. The van der Waals surface area contributed by atoms with E-state index < -0.39 is 10.0 Å². The second-order valence-electron chi connectivity index (χ2n) is 5.60. The number of nitrogens with one attached hydrogen (secondary N) is 1. The molecule has 0 heterocycles. The molecule has 0 aliphatic heterocycles. The largest absolute Gasteiger partial charge is 0.495 e. The Labute approximate surface area is 148 Å². The summed E-state index contributed by atoms with van der Waals surface area (Å²) in [6.45, 7) is 3.90. The zero-order valence-corrected chi connectivity index (χ0v) is 15.9. The molecule has 136 valence electrons. The van der Waals surface area contributed by atoms with E-state index in [9.17, 15) is 8.42 Å². The van der Waals surface area contributed by atoms with Gasteiger partial charge in [0.05, 0.1) is 21.3 Å². The zero-order chi connectivity index (χ0) is 18.6. The minimum absolute atomic E-state index is 0.124. The average Bonchev–Trinajstić information content (AvgIpc) is 2.61. The van der Waals surface area contributed by atoms with E-state index in [1.54, 1.807) is 37.4 Å². The monoisotopic (exact) mass is 365 g/mol. The van der Waals surface area contributed by atoms with Crippen LogP contribution in [-0.2, 0) is 16.6 Å². The van der Waals surface area contributed by atoms with Crippen LogP contribution in [-0.4, -0.2) is 29.7 Å². The highest BCUT2D eigenvalue weighted by molar-refractivity contribution is 7.89. The van der Waals surface area contributed by atoms with Gasteiger partial charge in [0, 0.05) is 6.54 Å². The molecule has 7 heteroatoms. The van der Waals surface area contributed by atoms with Gasteiger partial charge in [-0.1, -0.05) is 6.07 Å². The maximum Gasteiger partial charge on any atom is 0.244 e. The van der Waals surface area contributed by atoms with Crippen LogP contribution in [0.4, 0.5) is 0 Å². The van der Waals surface area contributed by atoms with Crippen LogP contribution in [0.3, 0.4) is 0 Å². The third-order valence-corrected chi connectivity index (χ3v) is 5.41. The van der Waals surface area contributed by atoms with E-state index in [4.69, 9.17) is 14.2 Å². The Bertz CT molecular complexity index is 862. The first kappa shape index (κ1) is 19.1. The van der Waals surface area contributed by atoms with E-state index in [-0.39, 0.29) is 11.4 Å². The van der Waals surface area contributed by atoms with Gasteiger partial charge in [-0.25, -0.2) is 13.1 Å². The summed E-state index contributed by atoms with van der Waals surface area (Å²) in [6.07, 6.45) is 0. The van der Waals surface area contributed by atoms with Gasteiger partial charge in [-0.15, -0.1) is 0 Å². The number of aryl methyl sites for hydroxylation is 2. The summed E-state index contributed by atoms with van der Waals surface area (Å²) < 4.78 is 43.6. The molecule has 0 unspecified atom stereocenters. The molecule has 0 atom stereocenters. The van der Waals surface area contributed by atoms with E-state index in [1.807, 2.05) is 13.8 Å². The number of benzene rings is 2. The van der Waals surface area contributed by atoms with Gasteiger partial charge in [0.15, 0.2) is 11.5 Å². The summed E-state index contributed by atoms with van der Waals surface area (Å²) in [5.41, 5.74) is 2.60. The van der Waals surface area contributed by atoms with Gasteiger partial charge in [-0.2, -0.15) is 0 Å². The van der Waals surface area contributed by atoms with Crippen LogP contribution in [0.1, 0.15) is 16.7 Å². The SMILES string of the molecule is COc1ccc(CNS(=O)(=O)c2cc(C)c(C)cc2OC)cc1OC. The number of hydrogen-bond donors (Lipinski definition) is 1. The van der Waals surface area contributed by atoms with Gasteiger partial charge in [0.25, 0.3) is 0 Å². The first-order valence-corrected chi connectivity index (χ1v) is 9.16. The van der Waals surface area contributed by atoms with Crippen molar-refractivity contribution in [2.24, 2.45) is 0 Å². The summed E-state index contributed by atoms with van der Waals surface area (Å²) in [5, 5.41) is 0. The summed E-state index contributed by atoms with van der Waals surface area (Å²) in [5.74, 6) is 1.45. The smallest absolute Gasteiger partial charge is 0.244 e. The lowest BCUT2D eigenvalue weighted by Crippen LogP contribution is -2.24. The van der Waals surface area contributed by atoms with Crippen LogP contribution in [0.5, 0.6) is 17.2 Å². The first-order valence-electron chi connectivity index (χ1n) is 7.68. The molecule has 2 rings (SSSR count). The van der Waals surface area contributed by atoms with Gasteiger partial charge in [0.2, 0.25) is 10.0 Å². The lowest BCUT2D eigenvalue weighted by Gasteiger charge is -2.14. The van der Waals surface area contributed by atoms with Crippen LogP contribution in [0.15, 0.2) is 35.2 Å². The molecule has 6 nitrogen and oxygen atoms in total. The Morgan fingerprint density at radius 3 is 2.04 bits per heavy atom. The van der Waals surface area contributed by atoms with E-state index in [1.165, 1.54) is 14.2 Å². The van der Waals surface area contributed by atoms with Crippen molar-refractivity contribution < 1.29 is 22.6 Å². The van der Waals surface area contributed by atoms with Gasteiger partial charge in [0.1, 0.15) is 10.6 Å². The highest BCUT2D eigenvalue weighted by atomic mass is 32.2. The molecular formula is C18H23NO5S.